The number of hydrogen-bond donors (Lipinski definition) is 2. The van der Waals surface area contributed by atoms with Gasteiger partial charge in [-0.15, -0.1) is 0 Å². The highest BCUT2D eigenvalue weighted by molar-refractivity contribution is 7.89. The van der Waals surface area contributed by atoms with Crippen LogP contribution in [0.4, 0.5) is 5.69 Å². The quantitative estimate of drug-likeness (QED) is 0.654. The first kappa shape index (κ1) is 24.0. The molecule has 2 N–H and O–H groups in total. The van der Waals surface area contributed by atoms with Gasteiger partial charge in [0.15, 0.2) is 0 Å². The minimum Gasteiger partial charge on any atom is -0.496 e. The van der Waals surface area contributed by atoms with Crippen LogP contribution in [-0.2, 0) is 25.6 Å². The van der Waals surface area contributed by atoms with Crippen molar-refractivity contribution in [1.29, 1.82) is 0 Å². The van der Waals surface area contributed by atoms with Crippen molar-refractivity contribution in [1.82, 2.24) is 4.72 Å². The molecule has 0 unspecified atom stereocenters. The molecule has 0 radical (unpaired) electrons. The summed E-state index contributed by atoms with van der Waals surface area (Å²) in [7, 11) is -0.581. The molecule has 172 valence electrons. The maximum atomic E-state index is 12.8. The number of carbonyl (C=O) groups is 1. The molecule has 0 bridgehead atoms. The molecule has 7 heteroatoms. The molecule has 0 fully saturated rings. The number of benzene rings is 2. The van der Waals surface area contributed by atoms with Crippen LogP contribution in [0.1, 0.15) is 63.8 Å². The summed E-state index contributed by atoms with van der Waals surface area (Å²) in [5.41, 5.74) is 4.19. The van der Waals surface area contributed by atoms with Crippen LogP contribution in [-0.4, -0.2) is 28.5 Å². The van der Waals surface area contributed by atoms with Gasteiger partial charge in [0, 0.05) is 28.0 Å². The molecule has 0 atom stereocenters. The molecule has 3 rings (SSSR count). The van der Waals surface area contributed by atoms with Gasteiger partial charge in [-0.25, -0.2) is 13.1 Å². The van der Waals surface area contributed by atoms with Crippen LogP contribution < -0.4 is 14.8 Å². The summed E-state index contributed by atoms with van der Waals surface area (Å²) in [5.74, 6) is 0.593. The molecular formula is C25H32N2O4S. The first-order valence-corrected chi connectivity index (χ1v) is 12.0. The van der Waals surface area contributed by atoms with Gasteiger partial charge in [-0.3, -0.25) is 4.79 Å². The average molecular weight is 457 g/mol. The number of carbonyl (C=O) groups excluding carboxylic acids is 1. The molecule has 1 aliphatic rings. The maximum Gasteiger partial charge on any atom is 0.256 e. The molecule has 0 saturated carbocycles. The molecule has 6 nitrogen and oxygen atoms in total. The van der Waals surface area contributed by atoms with E-state index in [0.29, 0.717) is 16.8 Å². The maximum absolute atomic E-state index is 12.8. The van der Waals surface area contributed by atoms with E-state index >= 15 is 0 Å². The molecule has 0 aromatic heterocycles. The van der Waals surface area contributed by atoms with Gasteiger partial charge in [-0.2, -0.15) is 0 Å². The van der Waals surface area contributed by atoms with Crippen molar-refractivity contribution in [2.24, 2.45) is 0 Å². The molecule has 1 aliphatic heterocycles. The Hall–Kier alpha value is -2.64. The van der Waals surface area contributed by atoms with Crippen molar-refractivity contribution < 1.29 is 17.9 Å². The highest BCUT2D eigenvalue weighted by atomic mass is 32.2. The zero-order valence-electron chi connectivity index (χ0n) is 20.0. The monoisotopic (exact) mass is 456 g/mol. The molecule has 32 heavy (non-hydrogen) atoms. The van der Waals surface area contributed by atoms with Crippen molar-refractivity contribution in [3.05, 3.63) is 52.6 Å². The average Bonchev–Trinajstić information content (AvgIpc) is 3.00. The lowest BCUT2D eigenvalue weighted by atomic mass is 9.78. The van der Waals surface area contributed by atoms with Crippen LogP contribution >= 0.6 is 0 Å². The second-order valence-corrected chi connectivity index (χ2v) is 12.0. The van der Waals surface area contributed by atoms with Crippen LogP contribution in [0.3, 0.4) is 0 Å². The molecular weight excluding hydrogens is 424 g/mol. The van der Waals surface area contributed by atoms with Gasteiger partial charge in [0.2, 0.25) is 10.0 Å². The van der Waals surface area contributed by atoms with E-state index < -0.39 is 10.0 Å². The molecule has 2 aromatic rings. The summed E-state index contributed by atoms with van der Waals surface area (Å²) >= 11 is 0. The molecule has 1 amide bonds. The number of ether oxygens (including phenoxy) is 1. The van der Waals surface area contributed by atoms with Gasteiger partial charge in [0.1, 0.15) is 5.75 Å². The fraction of sp³-hybridized carbons (Fsp3) is 0.400. The Kier molecular flexibility index (Phi) is 6.04. The van der Waals surface area contributed by atoms with Gasteiger partial charge in [0.25, 0.3) is 5.91 Å². The minimum atomic E-state index is -3.63. The lowest BCUT2D eigenvalue weighted by Gasteiger charge is -2.29. The number of methoxy groups -OCH3 is 1. The Morgan fingerprint density at radius 3 is 2.00 bits per heavy atom. The molecule has 0 spiro atoms. The third-order valence-corrected chi connectivity index (χ3v) is 7.01. The second kappa shape index (κ2) is 8.05. The predicted octanol–water partition coefficient (Wildman–Crippen LogP) is 4.69. The van der Waals surface area contributed by atoms with E-state index in [1.165, 1.54) is 19.2 Å². The Bertz CT molecular complexity index is 1180. The largest absolute Gasteiger partial charge is 0.496 e. The van der Waals surface area contributed by atoms with Crippen LogP contribution in [0.5, 0.6) is 5.75 Å². The summed E-state index contributed by atoms with van der Waals surface area (Å²) in [6.45, 7) is 12.8. The third-order valence-electron chi connectivity index (χ3n) is 5.60. The highest BCUT2D eigenvalue weighted by Crippen LogP contribution is 2.42. The van der Waals surface area contributed by atoms with E-state index in [4.69, 9.17) is 4.74 Å². The second-order valence-electron chi connectivity index (χ2n) is 10.1. The standard InChI is InChI=1S/C25H32N2O4S/c1-24(2,3)19-12-15(13-20(22(19)31-8)25(4,5)6)11-18-17-14-16(32(29,30)26-7)9-10-21(17)27-23(18)28/h9-14,26H,1-8H3,(H,27,28). The third kappa shape index (κ3) is 4.45. The lowest BCUT2D eigenvalue weighted by Crippen LogP contribution is -2.19. The van der Waals surface area contributed by atoms with Gasteiger partial charge in [-0.05, 0) is 59.8 Å². The number of rotatable bonds is 4. The van der Waals surface area contributed by atoms with Crippen molar-refractivity contribution in [2.75, 3.05) is 19.5 Å². The summed E-state index contributed by atoms with van der Waals surface area (Å²) < 4.78 is 32.7. The SMILES string of the molecule is CNS(=O)(=O)c1ccc2c(c1)C(=Cc1cc(C(C)(C)C)c(OC)c(C(C)(C)C)c1)C(=O)N2. The Morgan fingerprint density at radius 2 is 1.53 bits per heavy atom. The number of amides is 1. The normalized spacial score (nSPS) is 15.6. The summed E-state index contributed by atoms with van der Waals surface area (Å²) in [5, 5.41) is 2.83. The van der Waals surface area contributed by atoms with Gasteiger partial charge in [0.05, 0.1) is 12.0 Å². The van der Waals surface area contributed by atoms with E-state index in [1.54, 1.807) is 13.2 Å². The van der Waals surface area contributed by atoms with Crippen LogP contribution in [0.15, 0.2) is 35.2 Å². The van der Waals surface area contributed by atoms with Crippen molar-refractivity contribution in [3.8, 4) is 5.75 Å². The van der Waals surface area contributed by atoms with Crippen molar-refractivity contribution in [3.63, 3.8) is 0 Å². The van der Waals surface area contributed by atoms with E-state index in [1.807, 2.05) is 18.2 Å². The molecule has 0 saturated heterocycles. The first-order chi connectivity index (χ1) is 14.7. The molecule has 1 heterocycles. The fourth-order valence-corrected chi connectivity index (χ4v) is 4.59. The van der Waals surface area contributed by atoms with Crippen molar-refractivity contribution >= 4 is 33.3 Å². The van der Waals surface area contributed by atoms with Crippen molar-refractivity contribution in [2.45, 2.75) is 57.3 Å². The Balaban J connectivity index is 2.26. The minimum absolute atomic E-state index is 0.113. The number of hydrogen-bond acceptors (Lipinski definition) is 4. The zero-order chi connectivity index (χ0) is 24.1. The smallest absolute Gasteiger partial charge is 0.256 e. The lowest BCUT2D eigenvalue weighted by molar-refractivity contribution is -0.110. The highest BCUT2D eigenvalue weighted by Gasteiger charge is 2.29. The van der Waals surface area contributed by atoms with Crippen LogP contribution in [0.2, 0.25) is 0 Å². The zero-order valence-corrected chi connectivity index (χ0v) is 20.8. The first-order valence-electron chi connectivity index (χ1n) is 10.5. The van der Waals surface area contributed by atoms with Gasteiger partial charge in [-0.1, -0.05) is 41.5 Å². The summed E-state index contributed by atoms with van der Waals surface area (Å²) in [4.78, 5) is 12.9. The van der Waals surface area contributed by atoms with Crippen LogP contribution in [0.25, 0.3) is 11.6 Å². The Morgan fingerprint density at radius 1 is 0.969 bits per heavy atom. The topological polar surface area (TPSA) is 84.5 Å². The summed E-state index contributed by atoms with van der Waals surface area (Å²) in [6.07, 6.45) is 1.82. The Labute approximate surface area is 191 Å². The van der Waals surface area contributed by atoms with Crippen LogP contribution in [0, 0.1) is 0 Å². The number of fused-ring (bicyclic) bond motifs is 1. The predicted molar refractivity (Wildman–Crippen MR) is 130 cm³/mol. The van der Waals surface area contributed by atoms with Gasteiger partial charge < -0.3 is 10.1 Å². The van der Waals surface area contributed by atoms with E-state index in [-0.39, 0.29) is 21.6 Å². The van der Waals surface area contributed by atoms with E-state index in [0.717, 1.165) is 22.4 Å². The van der Waals surface area contributed by atoms with E-state index in [2.05, 4.69) is 51.6 Å². The fourth-order valence-electron chi connectivity index (χ4n) is 3.83. The number of sulfonamides is 1. The molecule has 2 aromatic carbocycles. The summed E-state index contributed by atoms with van der Waals surface area (Å²) in [6, 6.07) is 8.72. The van der Waals surface area contributed by atoms with Gasteiger partial charge >= 0.3 is 0 Å². The van der Waals surface area contributed by atoms with E-state index in [9.17, 15) is 13.2 Å². The molecule has 0 aliphatic carbocycles. The number of nitrogens with one attached hydrogen (secondary N) is 2. The number of anilines is 1.